The van der Waals surface area contributed by atoms with Crippen molar-refractivity contribution in [2.75, 3.05) is 11.9 Å². The van der Waals surface area contributed by atoms with Gasteiger partial charge in [0.1, 0.15) is 12.1 Å². The molecule has 2 amide bonds. The standard InChI is InChI=1S/C24H30N6O3/c1-15-4-6-17(7-5-15)20(13-26-23(31)19-12-28-33-14-19)24(32)29-21-9-8-18(11-25-21)22-16(2)10-27-30(22)3/h8-12,14-15,17,20H,4-7,13H2,1-3H3,(H,26,31)(H,25,29,32). The molecule has 1 unspecified atom stereocenters. The van der Waals surface area contributed by atoms with E-state index in [4.69, 9.17) is 4.52 Å². The Balaban J connectivity index is 1.45. The molecule has 3 heterocycles. The second-order valence-corrected chi connectivity index (χ2v) is 8.97. The van der Waals surface area contributed by atoms with Crippen molar-refractivity contribution in [3.05, 3.63) is 48.1 Å². The van der Waals surface area contributed by atoms with E-state index < -0.39 is 0 Å². The molecule has 9 heteroatoms. The fraction of sp³-hybridized carbons (Fsp3) is 0.458. The van der Waals surface area contributed by atoms with Crippen molar-refractivity contribution in [1.29, 1.82) is 0 Å². The van der Waals surface area contributed by atoms with Crippen LogP contribution in [0.3, 0.4) is 0 Å². The first-order valence-electron chi connectivity index (χ1n) is 11.4. The summed E-state index contributed by atoms with van der Waals surface area (Å²) in [6.45, 7) is 4.50. The van der Waals surface area contributed by atoms with Gasteiger partial charge in [-0.15, -0.1) is 0 Å². The van der Waals surface area contributed by atoms with E-state index in [0.29, 0.717) is 17.3 Å². The summed E-state index contributed by atoms with van der Waals surface area (Å²) in [5.41, 5.74) is 3.33. The number of hydrogen-bond acceptors (Lipinski definition) is 6. The minimum Gasteiger partial charge on any atom is -0.364 e. The first-order valence-corrected chi connectivity index (χ1v) is 11.4. The predicted molar refractivity (Wildman–Crippen MR) is 123 cm³/mol. The molecule has 1 fully saturated rings. The maximum Gasteiger partial charge on any atom is 0.256 e. The molecule has 1 atom stereocenters. The molecule has 9 nitrogen and oxygen atoms in total. The maximum absolute atomic E-state index is 13.3. The van der Waals surface area contributed by atoms with E-state index in [-0.39, 0.29) is 30.2 Å². The van der Waals surface area contributed by atoms with Crippen LogP contribution >= 0.6 is 0 Å². The van der Waals surface area contributed by atoms with Crippen LogP contribution in [-0.4, -0.2) is 38.3 Å². The third-order valence-corrected chi connectivity index (χ3v) is 6.55. The summed E-state index contributed by atoms with van der Waals surface area (Å²) in [4.78, 5) is 30.1. The number of carbonyl (C=O) groups is 2. The molecule has 4 rings (SSSR count). The van der Waals surface area contributed by atoms with Crippen LogP contribution in [0.15, 0.2) is 41.5 Å². The van der Waals surface area contributed by atoms with Gasteiger partial charge in [-0.25, -0.2) is 4.98 Å². The zero-order valence-electron chi connectivity index (χ0n) is 19.2. The number of aryl methyl sites for hydroxylation is 2. The van der Waals surface area contributed by atoms with Crippen molar-refractivity contribution in [3.63, 3.8) is 0 Å². The molecule has 0 aliphatic heterocycles. The average Bonchev–Trinajstić information content (AvgIpc) is 3.46. The molecule has 1 saturated carbocycles. The fourth-order valence-electron chi connectivity index (χ4n) is 4.57. The summed E-state index contributed by atoms with van der Waals surface area (Å²) in [5, 5.41) is 13.7. The second-order valence-electron chi connectivity index (χ2n) is 8.97. The van der Waals surface area contributed by atoms with Crippen LogP contribution in [0.4, 0.5) is 5.82 Å². The van der Waals surface area contributed by atoms with E-state index in [1.807, 2.05) is 30.9 Å². The van der Waals surface area contributed by atoms with Crippen LogP contribution in [0.2, 0.25) is 0 Å². The Morgan fingerprint density at radius 1 is 1.18 bits per heavy atom. The van der Waals surface area contributed by atoms with Gasteiger partial charge in [0.15, 0.2) is 0 Å². The largest absolute Gasteiger partial charge is 0.364 e. The lowest BCUT2D eigenvalue weighted by Gasteiger charge is -2.32. The molecule has 0 radical (unpaired) electrons. The van der Waals surface area contributed by atoms with Gasteiger partial charge in [-0.05, 0) is 49.3 Å². The number of hydrogen-bond donors (Lipinski definition) is 2. The molecule has 0 saturated heterocycles. The Kier molecular flexibility index (Phi) is 6.86. The predicted octanol–water partition coefficient (Wildman–Crippen LogP) is 3.59. The molecule has 1 aliphatic carbocycles. The van der Waals surface area contributed by atoms with Gasteiger partial charge in [-0.3, -0.25) is 14.3 Å². The van der Waals surface area contributed by atoms with E-state index in [1.54, 1.807) is 12.3 Å². The molecule has 2 N–H and O–H groups in total. The summed E-state index contributed by atoms with van der Waals surface area (Å²) >= 11 is 0. The van der Waals surface area contributed by atoms with Gasteiger partial charge in [-0.2, -0.15) is 5.10 Å². The zero-order valence-corrected chi connectivity index (χ0v) is 19.2. The highest BCUT2D eigenvalue weighted by Gasteiger charge is 2.32. The molecule has 0 aromatic carbocycles. The van der Waals surface area contributed by atoms with Crippen molar-refractivity contribution >= 4 is 17.6 Å². The smallest absolute Gasteiger partial charge is 0.256 e. The Bertz CT molecular complexity index is 1060. The van der Waals surface area contributed by atoms with Gasteiger partial charge in [-0.1, -0.05) is 24.9 Å². The van der Waals surface area contributed by atoms with E-state index >= 15 is 0 Å². The molecule has 33 heavy (non-hydrogen) atoms. The number of anilines is 1. The fourth-order valence-corrected chi connectivity index (χ4v) is 4.57. The number of amides is 2. The van der Waals surface area contributed by atoms with E-state index in [0.717, 1.165) is 42.5 Å². The highest BCUT2D eigenvalue weighted by atomic mass is 16.5. The van der Waals surface area contributed by atoms with Crippen molar-refractivity contribution in [3.8, 4) is 11.3 Å². The summed E-state index contributed by atoms with van der Waals surface area (Å²) in [5.74, 6) is 0.594. The van der Waals surface area contributed by atoms with Crippen LogP contribution < -0.4 is 10.6 Å². The topological polar surface area (TPSA) is 115 Å². The molecule has 3 aromatic heterocycles. The average molecular weight is 451 g/mol. The van der Waals surface area contributed by atoms with Crippen LogP contribution in [0.1, 0.15) is 48.5 Å². The zero-order chi connectivity index (χ0) is 23.4. The quantitative estimate of drug-likeness (QED) is 0.568. The molecule has 1 aliphatic rings. The van der Waals surface area contributed by atoms with Crippen molar-refractivity contribution < 1.29 is 14.1 Å². The molecule has 0 spiro atoms. The SMILES string of the molecule is Cc1cnn(C)c1-c1ccc(NC(=O)C(CNC(=O)c2cnoc2)C2CCC(C)CC2)nc1. The second kappa shape index (κ2) is 9.97. The lowest BCUT2D eigenvalue weighted by molar-refractivity contribution is -0.121. The van der Waals surface area contributed by atoms with E-state index in [1.165, 1.54) is 12.5 Å². The van der Waals surface area contributed by atoms with Crippen LogP contribution in [0, 0.1) is 24.7 Å². The number of carbonyl (C=O) groups excluding carboxylic acids is 2. The number of aromatic nitrogens is 4. The first kappa shape index (κ1) is 22.7. The monoisotopic (exact) mass is 450 g/mol. The summed E-state index contributed by atoms with van der Waals surface area (Å²) in [7, 11) is 1.89. The molecule has 174 valence electrons. The van der Waals surface area contributed by atoms with Crippen molar-refractivity contribution in [2.24, 2.45) is 24.8 Å². The normalized spacial score (nSPS) is 19.1. The lowest BCUT2D eigenvalue weighted by atomic mass is 9.76. The third kappa shape index (κ3) is 5.30. The number of nitrogens with one attached hydrogen (secondary N) is 2. The molecular formula is C24H30N6O3. The Morgan fingerprint density at radius 2 is 1.97 bits per heavy atom. The Morgan fingerprint density at radius 3 is 2.58 bits per heavy atom. The maximum atomic E-state index is 13.3. The van der Waals surface area contributed by atoms with Crippen molar-refractivity contribution in [1.82, 2.24) is 25.2 Å². The van der Waals surface area contributed by atoms with Crippen molar-refractivity contribution in [2.45, 2.75) is 39.5 Å². The Hall–Kier alpha value is -3.49. The van der Waals surface area contributed by atoms with Gasteiger partial charge in [0, 0.05) is 25.4 Å². The molecular weight excluding hydrogens is 420 g/mol. The minimum absolute atomic E-state index is 0.128. The number of rotatable bonds is 7. The lowest BCUT2D eigenvalue weighted by Crippen LogP contribution is -2.40. The highest BCUT2D eigenvalue weighted by molar-refractivity contribution is 5.95. The summed E-state index contributed by atoms with van der Waals surface area (Å²) in [6, 6.07) is 3.73. The summed E-state index contributed by atoms with van der Waals surface area (Å²) in [6.07, 6.45) is 10.3. The third-order valence-electron chi connectivity index (χ3n) is 6.55. The summed E-state index contributed by atoms with van der Waals surface area (Å²) < 4.78 is 6.55. The highest BCUT2D eigenvalue weighted by Crippen LogP contribution is 2.34. The van der Waals surface area contributed by atoms with Gasteiger partial charge in [0.05, 0.1) is 29.6 Å². The number of pyridine rings is 1. The van der Waals surface area contributed by atoms with Gasteiger partial charge < -0.3 is 15.2 Å². The van der Waals surface area contributed by atoms with Gasteiger partial charge in [0.2, 0.25) is 5.91 Å². The van der Waals surface area contributed by atoms with Crippen LogP contribution in [0.25, 0.3) is 11.3 Å². The van der Waals surface area contributed by atoms with E-state index in [2.05, 4.69) is 32.8 Å². The number of nitrogens with zero attached hydrogens (tertiary/aromatic N) is 4. The van der Waals surface area contributed by atoms with E-state index in [9.17, 15) is 9.59 Å². The van der Waals surface area contributed by atoms with Gasteiger partial charge in [0.25, 0.3) is 5.91 Å². The minimum atomic E-state index is -0.345. The van der Waals surface area contributed by atoms with Gasteiger partial charge >= 0.3 is 0 Å². The van der Waals surface area contributed by atoms with Crippen LogP contribution in [0.5, 0.6) is 0 Å². The Labute approximate surface area is 192 Å². The molecule has 0 bridgehead atoms. The first-order chi connectivity index (χ1) is 15.9. The molecule has 3 aromatic rings. The van der Waals surface area contributed by atoms with Crippen LogP contribution in [-0.2, 0) is 11.8 Å².